The Hall–Kier alpha value is -2.82. The van der Waals surface area contributed by atoms with Gasteiger partial charge in [0.2, 0.25) is 0 Å². The molecule has 0 saturated heterocycles. The van der Waals surface area contributed by atoms with Crippen molar-refractivity contribution < 1.29 is 17.2 Å². The van der Waals surface area contributed by atoms with Crippen LogP contribution in [0.4, 0.5) is 26.0 Å². The number of benzene rings is 1. The van der Waals surface area contributed by atoms with Crippen LogP contribution in [0.3, 0.4) is 0 Å². The molecule has 7 nitrogen and oxygen atoms in total. The molecule has 0 fully saturated rings. The van der Waals surface area contributed by atoms with Crippen molar-refractivity contribution in [2.24, 2.45) is 0 Å². The van der Waals surface area contributed by atoms with Gasteiger partial charge in [0.05, 0.1) is 17.6 Å². The van der Waals surface area contributed by atoms with Gasteiger partial charge in [-0.2, -0.15) is 8.42 Å². The number of aromatic nitrogens is 2. The first-order valence-electron chi connectivity index (χ1n) is 8.70. The van der Waals surface area contributed by atoms with Crippen molar-refractivity contribution in [3.8, 4) is 0 Å². The molecule has 0 aliphatic carbocycles. The fourth-order valence-corrected chi connectivity index (χ4v) is 3.34. The van der Waals surface area contributed by atoms with Crippen LogP contribution in [0.5, 0.6) is 0 Å². The molecule has 11 heteroatoms. The number of nitrogens with zero attached hydrogens (tertiary/aromatic N) is 2. The van der Waals surface area contributed by atoms with Crippen LogP contribution in [0.1, 0.15) is 16.7 Å². The van der Waals surface area contributed by atoms with E-state index in [4.69, 9.17) is 11.6 Å². The lowest BCUT2D eigenvalue weighted by Crippen LogP contribution is -2.27. The first-order valence-corrected chi connectivity index (χ1v) is 10.6. The van der Waals surface area contributed by atoms with E-state index in [2.05, 4.69) is 15.3 Å². The maximum atomic E-state index is 14.8. The smallest absolute Gasteiger partial charge is 0.300 e. The van der Waals surface area contributed by atoms with Crippen molar-refractivity contribution in [1.29, 1.82) is 0 Å². The molecule has 0 aliphatic rings. The van der Waals surface area contributed by atoms with Gasteiger partial charge in [-0.05, 0) is 47.9 Å². The van der Waals surface area contributed by atoms with E-state index in [1.165, 1.54) is 37.6 Å². The van der Waals surface area contributed by atoms with E-state index in [1.807, 2.05) is 9.44 Å². The Kier molecular flexibility index (Phi) is 6.49. The Morgan fingerprint density at radius 3 is 2.57 bits per heavy atom. The van der Waals surface area contributed by atoms with Gasteiger partial charge in [-0.15, -0.1) is 0 Å². The van der Waals surface area contributed by atoms with Gasteiger partial charge in [0, 0.05) is 30.9 Å². The van der Waals surface area contributed by atoms with E-state index < -0.39 is 27.7 Å². The van der Waals surface area contributed by atoms with E-state index in [0.717, 1.165) is 5.56 Å². The molecule has 2 heterocycles. The Balaban J connectivity index is 1.89. The summed E-state index contributed by atoms with van der Waals surface area (Å²) in [6.07, 6.45) is 4.53. The van der Waals surface area contributed by atoms with Crippen LogP contribution < -0.4 is 14.8 Å². The fourth-order valence-electron chi connectivity index (χ4n) is 2.68. The highest BCUT2D eigenvalue weighted by Crippen LogP contribution is 2.28. The number of pyridine rings is 2. The standard InChI is InChI=1S/C19H18ClF2N5O2S/c1-11-13(7-12-5-6-25-19(18(12)22)27-30(28,29)23-2)9-24-10-17(11)26-16-4-3-14(20)8-15(16)21/h3-6,8-10,23,26H,7H2,1-2H3,(H,25,27). The van der Waals surface area contributed by atoms with Crippen molar-refractivity contribution in [2.75, 3.05) is 17.1 Å². The lowest BCUT2D eigenvalue weighted by atomic mass is 10.0. The molecule has 158 valence electrons. The Morgan fingerprint density at radius 2 is 1.87 bits per heavy atom. The molecule has 0 radical (unpaired) electrons. The van der Waals surface area contributed by atoms with Gasteiger partial charge in [-0.3, -0.25) is 9.71 Å². The SMILES string of the molecule is CNS(=O)(=O)Nc1nccc(Cc2cncc(Nc3ccc(Cl)cc3F)c2C)c1F. The minimum atomic E-state index is -3.91. The Labute approximate surface area is 177 Å². The van der Waals surface area contributed by atoms with E-state index in [-0.39, 0.29) is 22.7 Å². The predicted octanol–water partition coefficient (Wildman–Crippen LogP) is 3.93. The van der Waals surface area contributed by atoms with Gasteiger partial charge in [0.15, 0.2) is 11.6 Å². The summed E-state index contributed by atoms with van der Waals surface area (Å²) in [5.74, 6) is -1.73. The number of nitrogens with one attached hydrogen (secondary N) is 3. The van der Waals surface area contributed by atoms with Crippen molar-refractivity contribution in [1.82, 2.24) is 14.7 Å². The Morgan fingerprint density at radius 1 is 1.10 bits per heavy atom. The maximum absolute atomic E-state index is 14.8. The van der Waals surface area contributed by atoms with Crippen LogP contribution in [-0.4, -0.2) is 25.4 Å². The van der Waals surface area contributed by atoms with E-state index in [9.17, 15) is 17.2 Å². The minimum absolute atomic E-state index is 0.125. The quantitative estimate of drug-likeness (QED) is 0.503. The molecule has 1 aromatic carbocycles. The van der Waals surface area contributed by atoms with Gasteiger partial charge in [0.25, 0.3) is 10.2 Å². The lowest BCUT2D eigenvalue weighted by molar-refractivity contribution is 0.589. The molecule has 0 spiro atoms. The second kappa shape index (κ2) is 8.90. The average molecular weight is 454 g/mol. The molecule has 3 N–H and O–H groups in total. The van der Waals surface area contributed by atoms with Crippen LogP contribution in [-0.2, 0) is 16.6 Å². The summed E-state index contributed by atoms with van der Waals surface area (Å²) < 4.78 is 56.2. The molecule has 0 aliphatic heterocycles. The van der Waals surface area contributed by atoms with Gasteiger partial charge < -0.3 is 5.32 Å². The molecule has 0 amide bonds. The average Bonchev–Trinajstić information content (AvgIpc) is 2.69. The van der Waals surface area contributed by atoms with Crippen LogP contribution >= 0.6 is 11.6 Å². The molecule has 0 saturated carbocycles. The molecule has 0 atom stereocenters. The van der Waals surface area contributed by atoms with Crippen molar-refractivity contribution >= 4 is 39.0 Å². The molecule has 3 rings (SSSR count). The van der Waals surface area contributed by atoms with E-state index >= 15 is 0 Å². The van der Waals surface area contributed by atoms with Gasteiger partial charge in [-0.1, -0.05) is 11.6 Å². The molecule has 30 heavy (non-hydrogen) atoms. The maximum Gasteiger partial charge on any atom is 0.300 e. The minimum Gasteiger partial charge on any atom is -0.352 e. The highest BCUT2D eigenvalue weighted by molar-refractivity contribution is 7.90. The second-order valence-electron chi connectivity index (χ2n) is 6.34. The topological polar surface area (TPSA) is 96.0 Å². The Bertz CT molecular complexity index is 1190. The molecular formula is C19H18ClF2N5O2S. The van der Waals surface area contributed by atoms with Crippen LogP contribution in [0.2, 0.25) is 5.02 Å². The van der Waals surface area contributed by atoms with Crippen molar-refractivity contribution in [3.63, 3.8) is 0 Å². The van der Waals surface area contributed by atoms with Crippen LogP contribution in [0, 0.1) is 18.6 Å². The number of anilines is 3. The largest absolute Gasteiger partial charge is 0.352 e. The van der Waals surface area contributed by atoms with E-state index in [1.54, 1.807) is 19.2 Å². The number of hydrogen-bond acceptors (Lipinski definition) is 5. The first-order chi connectivity index (χ1) is 14.2. The molecule has 2 aromatic heterocycles. The summed E-state index contributed by atoms with van der Waals surface area (Å²) in [6.45, 7) is 1.79. The third kappa shape index (κ3) is 5.02. The third-order valence-corrected chi connectivity index (χ3v) is 5.60. The summed E-state index contributed by atoms with van der Waals surface area (Å²) >= 11 is 5.78. The lowest BCUT2D eigenvalue weighted by Gasteiger charge is -2.14. The molecule has 0 unspecified atom stereocenters. The molecule has 3 aromatic rings. The first kappa shape index (κ1) is 21.9. The van der Waals surface area contributed by atoms with Gasteiger partial charge in [-0.25, -0.2) is 18.5 Å². The zero-order valence-corrected chi connectivity index (χ0v) is 17.6. The zero-order valence-electron chi connectivity index (χ0n) is 16.0. The normalized spacial score (nSPS) is 11.4. The molecule has 0 bridgehead atoms. The van der Waals surface area contributed by atoms with E-state index in [0.29, 0.717) is 11.3 Å². The van der Waals surface area contributed by atoms with Crippen LogP contribution in [0.25, 0.3) is 0 Å². The monoisotopic (exact) mass is 453 g/mol. The summed E-state index contributed by atoms with van der Waals surface area (Å²) in [5, 5.41) is 3.23. The van der Waals surface area contributed by atoms with Crippen LogP contribution in [0.15, 0.2) is 42.9 Å². The van der Waals surface area contributed by atoms with Crippen molar-refractivity contribution in [3.05, 3.63) is 76.2 Å². The summed E-state index contributed by atoms with van der Waals surface area (Å²) in [4.78, 5) is 7.88. The second-order valence-corrected chi connectivity index (χ2v) is 8.40. The number of hydrogen-bond donors (Lipinski definition) is 3. The number of rotatable bonds is 7. The predicted molar refractivity (Wildman–Crippen MR) is 112 cm³/mol. The van der Waals surface area contributed by atoms with Gasteiger partial charge in [0.1, 0.15) is 5.82 Å². The number of halogens is 3. The highest BCUT2D eigenvalue weighted by Gasteiger charge is 2.16. The highest BCUT2D eigenvalue weighted by atomic mass is 35.5. The summed E-state index contributed by atoms with van der Waals surface area (Å²) in [6, 6.07) is 5.70. The van der Waals surface area contributed by atoms with Gasteiger partial charge >= 0.3 is 0 Å². The zero-order chi connectivity index (χ0) is 21.9. The third-order valence-electron chi connectivity index (χ3n) is 4.37. The fraction of sp³-hybridized carbons (Fsp3) is 0.158. The molecular weight excluding hydrogens is 436 g/mol. The summed E-state index contributed by atoms with van der Waals surface area (Å²) in [5.41, 5.74) is 2.38. The van der Waals surface area contributed by atoms with Crippen molar-refractivity contribution in [2.45, 2.75) is 13.3 Å². The summed E-state index contributed by atoms with van der Waals surface area (Å²) in [7, 11) is -2.72.